The van der Waals surface area contributed by atoms with Gasteiger partial charge in [0, 0.05) is 25.2 Å². The summed E-state index contributed by atoms with van der Waals surface area (Å²) in [6.07, 6.45) is 3.67. The number of rotatable bonds is 4. The van der Waals surface area contributed by atoms with Gasteiger partial charge in [0.05, 0.1) is 17.4 Å². The summed E-state index contributed by atoms with van der Waals surface area (Å²) in [5, 5.41) is 11.6. The summed E-state index contributed by atoms with van der Waals surface area (Å²) in [7, 11) is 1.88. The Morgan fingerprint density at radius 3 is 2.80 bits per heavy atom. The first-order valence-electron chi connectivity index (χ1n) is 6.52. The maximum Gasteiger partial charge on any atom is 0.225 e. The number of nitrogens with one attached hydrogen (secondary N) is 2. The molecular weight excluding hydrogens is 252 g/mol. The van der Waals surface area contributed by atoms with E-state index in [1.165, 1.54) is 0 Å². The van der Waals surface area contributed by atoms with E-state index in [-0.39, 0.29) is 0 Å². The molecule has 3 aromatic rings. The van der Waals surface area contributed by atoms with Crippen LogP contribution in [-0.2, 0) is 7.05 Å². The molecule has 0 saturated heterocycles. The first kappa shape index (κ1) is 12.4. The molecule has 0 spiro atoms. The third-order valence-electron chi connectivity index (χ3n) is 2.91. The van der Waals surface area contributed by atoms with E-state index in [0.717, 1.165) is 29.0 Å². The largest absolute Gasteiger partial charge is 0.354 e. The van der Waals surface area contributed by atoms with Gasteiger partial charge in [-0.15, -0.1) is 0 Å². The highest BCUT2D eigenvalue weighted by Gasteiger charge is 2.08. The highest BCUT2D eigenvalue weighted by molar-refractivity contribution is 5.91. The van der Waals surface area contributed by atoms with Gasteiger partial charge in [0.15, 0.2) is 0 Å². The summed E-state index contributed by atoms with van der Waals surface area (Å²) in [6, 6.07) is 7.93. The van der Waals surface area contributed by atoms with Crippen LogP contribution in [0.1, 0.15) is 6.92 Å². The summed E-state index contributed by atoms with van der Waals surface area (Å²) >= 11 is 0. The fraction of sp³-hybridized carbons (Fsp3) is 0.214. The number of hydrogen-bond donors (Lipinski definition) is 2. The Morgan fingerprint density at radius 1 is 1.20 bits per heavy atom. The molecule has 6 heteroatoms. The topological polar surface area (TPSA) is 67.7 Å². The molecule has 2 N–H and O–H groups in total. The lowest BCUT2D eigenvalue weighted by molar-refractivity contribution is 0.768. The van der Waals surface area contributed by atoms with Gasteiger partial charge in [0.1, 0.15) is 5.82 Å². The molecule has 0 saturated carbocycles. The van der Waals surface area contributed by atoms with E-state index >= 15 is 0 Å². The zero-order valence-electron chi connectivity index (χ0n) is 11.5. The van der Waals surface area contributed by atoms with Crippen LogP contribution in [0.15, 0.2) is 36.7 Å². The Hall–Kier alpha value is -2.63. The zero-order valence-corrected chi connectivity index (χ0v) is 11.5. The molecular formula is C14H16N6. The predicted molar refractivity (Wildman–Crippen MR) is 80.2 cm³/mol. The normalized spacial score (nSPS) is 10.7. The molecule has 3 rings (SSSR count). The van der Waals surface area contributed by atoms with Gasteiger partial charge in [-0.25, -0.2) is 4.98 Å². The Balaban J connectivity index is 2.06. The second-order valence-electron chi connectivity index (χ2n) is 4.47. The molecule has 0 unspecified atom stereocenters. The minimum atomic E-state index is 0.623. The summed E-state index contributed by atoms with van der Waals surface area (Å²) in [5.74, 6) is 1.40. The van der Waals surface area contributed by atoms with Crippen LogP contribution in [0.3, 0.4) is 0 Å². The standard InChI is InChI=1S/C14H16N6/c1-3-15-14-18-12-7-5-4-6-11(12)13(19-14)17-10-8-16-20(2)9-10/h4-9H,3H2,1-2H3,(H2,15,17,18,19). The minimum Gasteiger partial charge on any atom is -0.354 e. The number of fused-ring (bicyclic) bond motifs is 1. The molecule has 6 nitrogen and oxygen atoms in total. The molecule has 102 valence electrons. The number of anilines is 3. The molecule has 2 aromatic heterocycles. The van der Waals surface area contributed by atoms with Gasteiger partial charge in [0.25, 0.3) is 0 Å². The van der Waals surface area contributed by atoms with Crippen molar-refractivity contribution in [3.05, 3.63) is 36.7 Å². The summed E-state index contributed by atoms with van der Waals surface area (Å²) in [5.41, 5.74) is 1.81. The predicted octanol–water partition coefficient (Wildman–Crippen LogP) is 2.54. The first-order chi connectivity index (χ1) is 9.76. The van der Waals surface area contributed by atoms with Crippen molar-refractivity contribution >= 4 is 28.4 Å². The van der Waals surface area contributed by atoms with E-state index in [1.54, 1.807) is 10.9 Å². The molecule has 0 aliphatic carbocycles. The molecule has 0 radical (unpaired) electrons. The van der Waals surface area contributed by atoms with Crippen molar-refractivity contribution in [1.29, 1.82) is 0 Å². The minimum absolute atomic E-state index is 0.623. The van der Waals surface area contributed by atoms with Crippen molar-refractivity contribution in [2.24, 2.45) is 7.05 Å². The van der Waals surface area contributed by atoms with E-state index in [9.17, 15) is 0 Å². The van der Waals surface area contributed by atoms with Crippen LogP contribution in [0.25, 0.3) is 10.9 Å². The van der Waals surface area contributed by atoms with Crippen molar-refractivity contribution in [1.82, 2.24) is 19.7 Å². The Kier molecular flexibility index (Phi) is 3.20. The number of aromatic nitrogens is 4. The van der Waals surface area contributed by atoms with Gasteiger partial charge < -0.3 is 10.6 Å². The molecule has 0 aliphatic heterocycles. The summed E-state index contributed by atoms with van der Waals surface area (Å²) in [4.78, 5) is 9.01. The maximum atomic E-state index is 4.52. The molecule has 0 amide bonds. The molecule has 0 aliphatic rings. The number of nitrogens with zero attached hydrogens (tertiary/aromatic N) is 4. The monoisotopic (exact) mass is 268 g/mol. The highest BCUT2D eigenvalue weighted by Crippen LogP contribution is 2.24. The molecule has 0 fully saturated rings. The third kappa shape index (κ3) is 2.40. The highest BCUT2D eigenvalue weighted by atomic mass is 15.3. The SMILES string of the molecule is CCNc1nc(Nc2cnn(C)c2)c2ccccc2n1. The first-order valence-corrected chi connectivity index (χ1v) is 6.52. The maximum absolute atomic E-state index is 4.52. The summed E-state index contributed by atoms with van der Waals surface area (Å²) in [6.45, 7) is 2.80. The van der Waals surface area contributed by atoms with Crippen LogP contribution < -0.4 is 10.6 Å². The average molecular weight is 268 g/mol. The van der Waals surface area contributed by atoms with Crippen molar-refractivity contribution in [2.45, 2.75) is 6.92 Å². The van der Waals surface area contributed by atoms with Crippen LogP contribution in [0.4, 0.5) is 17.5 Å². The van der Waals surface area contributed by atoms with Crippen molar-refractivity contribution in [3.8, 4) is 0 Å². The van der Waals surface area contributed by atoms with Gasteiger partial charge >= 0.3 is 0 Å². The van der Waals surface area contributed by atoms with Crippen molar-refractivity contribution in [3.63, 3.8) is 0 Å². The molecule has 1 aromatic carbocycles. The number of hydrogen-bond acceptors (Lipinski definition) is 5. The fourth-order valence-corrected chi connectivity index (χ4v) is 2.03. The van der Waals surface area contributed by atoms with Crippen LogP contribution in [-0.4, -0.2) is 26.3 Å². The lowest BCUT2D eigenvalue weighted by Crippen LogP contribution is -2.05. The summed E-state index contributed by atoms with van der Waals surface area (Å²) < 4.78 is 1.75. The van der Waals surface area contributed by atoms with Gasteiger partial charge in [-0.05, 0) is 19.1 Å². The lowest BCUT2D eigenvalue weighted by atomic mass is 10.2. The Labute approximate surface area is 116 Å². The van der Waals surface area contributed by atoms with E-state index in [4.69, 9.17) is 0 Å². The lowest BCUT2D eigenvalue weighted by Gasteiger charge is -2.09. The van der Waals surface area contributed by atoms with Gasteiger partial charge in [-0.2, -0.15) is 10.1 Å². The van der Waals surface area contributed by atoms with Crippen LogP contribution in [0.5, 0.6) is 0 Å². The van der Waals surface area contributed by atoms with Crippen LogP contribution >= 0.6 is 0 Å². The number of benzene rings is 1. The third-order valence-corrected chi connectivity index (χ3v) is 2.91. The smallest absolute Gasteiger partial charge is 0.225 e. The van der Waals surface area contributed by atoms with Crippen molar-refractivity contribution < 1.29 is 0 Å². The number of aryl methyl sites for hydroxylation is 1. The quantitative estimate of drug-likeness (QED) is 0.761. The van der Waals surface area contributed by atoms with Gasteiger partial charge in [-0.3, -0.25) is 4.68 Å². The van der Waals surface area contributed by atoms with E-state index in [0.29, 0.717) is 5.95 Å². The zero-order chi connectivity index (χ0) is 13.9. The second kappa shape index (κ2) is 5.16. The van der Waals surface area contributed by atoms with Gasteiger partial charge in [0.2, 0.25) is 5.95 Å². The van der Waals surface area contributed by atoms with Crippen molar-refractivity contribution in [2.75, 3.05) is 17.2 Å². The molecule has 0 atom stereocenters. The molecule has 2 heterocycles. The Bertz CT molecular complexity index is 733. The van der Waals surface area contributed by atoms with Crippen LogP contribution in [0.2, 0.25) is 0 Å². The van der Waals surface area contributed by atoms with Gasteiger partial charge in [-0.1, -0.05) is 12.1 Å². The average Bonchev–Trinajstić information content (AvgIpc) is 2.85. The molecule has 0 bridgehead atoms. The number of para-hydroxylation sites is 1. The van der Waals surface area contributed by atoms with Crippen LogP contribution in [0, 0.1) is 0 Å². The second-order valence-corrected chi connectivity index (χ2v) is 4.47. The van der Waals surface area contributed by atoms with E-state index in [2.05, 4.69) is 25.7 Å². The van der Waals surface area contributed by atoms with E-state index in [1.807, 2.05) is 44.4 Å². The molecule has 20 heavy (non-hydrogen) atoms. The van der Waals surface area contributed by atoms with E-state index < -0.39 is 0 Å². The Morgan fingerprint density at radius 2 is 2.05 bits per heavy atom. The fourth-order valence-electron chi connectivity index (χ4n) is 2.03.